The second kappa shape index (κ2) is 4.77. The molecule has 1 unspecified atom stereocenters. The Morgan fingerprint density at radius 3 is 2.71 bits per heavy atom. The fourth-order valence-electron chi connectivity index (χ4n) is 1.88. The van der Waals surface area contributed by atoms with E-state index in [9.17, 15) is 18.0 Å². The molecule has 1 heterocycles. The minimum Gasteiger partial charge on any atom is -0.303 e. The Morgan fingerprint density at radius 1 is 1.43 bits per heavy atom. The van der Waals surface area contributed by atoms with E-state index < -0.39 is 12.7 Å². The number of rotatable bonds is 3. The number of hydrogen-bond donors (Lipinski definition) is 0. The van der Waals surface area contributed by atoms with Gasteiger partial charge in [0.05, 0.1) is 6.54 Å². The topological polar surface area (TPSA) is 20.3 Å². The summed E-state index contributed by atoms with van der Waals surface area (Å²) >= 11 is 0. The first kappa shape index (κ1) is 11.5. The van der Waals surface area contributed by atoms with Gasteiger partial charge in [0.25, 0.3) is 0 Å². The summed E-state index contributed by atoms with van der Waals surface area (Å²) in [5.74, 6) is 0.114. The first-order chi connectivity index (χ1) is 6.51. The van der Waals surface area contributed by atoms with Gasteiger partial charge in [-0.2, -0.15) is 13.2 Å². The predicted molar refractivity (Wildman–Crippen MR) is 45.9 cm³/mol. The lowest BCUT2D eigenvalue weighted by atomic mass is 9.95. The van der Waals surface area contributed by atoms with Crippen molar-refractivity contribution in [2.75, 3.05) is 19.6 Å². The van der Waals surface area contributed by atoms with Crippen molar-refractivity contribution in [2.45, 2.75) is 25.4 Å². The van der Waals surface area contributed by atoms with E-state index in [0.29, 0.717) is 19.5 Å². The zero-order valence-corrected chi connectivity index (χ0v) is 7.89. The van der Waals surface area contributed by atoms with Gasteiger partial charge >= 0.3 is 6.18 Å². The van der Waals surface area contributed by atoms with Crippen molar-refractivity contribution in [1.29, 1.82) is 0 Å². The Hall–Kier alpha value is -0.580. The zero-order chi connectivity index (χ0) is 10.6. The minimum absolute atomic E-state index is 0.114. The number of piperidine rings is 1. The molecule has 0 radical (unpaired) electrons. The van der Waals surface area contributed by atoms with E-state index in [2.05, 4.69) is 0 Å². The summed E-state index contributed by atoms with van der Waals surface area (Å²) in [5, 5.41) is 0. The van der Waals surface area contributed by atoms with E-state index >= 15 is 0 Å². The number of carbonyl (C=O) groups is 1. The normalized spacial score (nSPS) is 24.9. The molecule has 1 aliphatic rings. The monoisotopic (exact) mass is 209 g/mol. The summed E-state index contributed by atoms with van der Waals surface area (Å²) in [6, 6.07) is 0. The Bertz CT molecular complexity index is 193. The maximum Gasteiger partial charge on any atom is 0.401 e. The molecule has 0 saturated carbocycles. The lowest BCUT2D eigenvalue weighted by Crippen LogP contribution is -2.41. The molecule has 0 aliphatic carbocycles. The van der Waals surface area contributed by atoms with Crippen LogP contribution in [0.3, 0.4) is 0 Å². The van der Waals surface area contributed by atoms with Crippen molar-refractivity contribution in [1.82, 2.24) is 4.90 Å². The van der Waals surface area contributed by atoms with Crippen molar-refractivity contribution < 1.29 is 18.0 Å². The third kappa shape index (κ3) is 4.09. The maximum absolute atomic E-state index is 12.0. The Balaban J connectivity index is 2.36. The fourth-order valence-corrected chi connectivity index (χ4v) is 1.88. The van der Waals surface area contributed by atoms with Crippen LogP contribution in [0.4, 0.5) is 13.2 Å². The van der Waals surface area contributed by atoms with Crippen LogP contribution < -0.4 is 0 Å². The Kier molecular flexibility index (Phi) is 3.92. The second-order valence-corrected chi connectivity index (χ2v) is 3.76. The van der Waals surface area contributed by atoms with Crippen molar-refractivity contribution in [3.05, 3.63) is 0 Å². The zero-order valence-electron chi connectivity index (χ0n) is 7.89. The van der Waals surface area contributed by atoms with Crippen molar-refractivity contribution in [2.24, 2.45) is 5.92 Å². The van der Waals surface area contributed by atoms with Crippen LogP contribution in [0.2, 0.25) is 0 Å². The lowest BCUT2D eigenvalue weighted by molar-refractivity contribution is -0.149. The number of aldehydes is 1. The van der Waals surface area contributed by atoms with Gasteiger partial charge in [-0.05, 0) is 25.3 Å². The van der Waals surface area contributed by atoms with Gasteiger partial charge in [0.2, 0.25) is 0 Å². The Morgan fingerprint density at radius 2 is 2.14 bits per heavy atom. The number of alkyl halides is 3. The summed E-state index contributed by atoms with van der Waals surface area (Å²) in [5.41, 5.74) is 0. The van der Waals surface area contributed by atoms with Gasteiger partial charge in [-0.25, -0.2) is 0 Å². The van der Waals surface area contributed by atoms with Gasteiger partial charge in [0.1, 0.15) is 6.29 Å². The SMILES string of the molecule is O=CCC1CCCN(CC(F)(F)F)C1. The minimum atomic E-state index is -4.12. The van der Waals surface area contributed by atoms with Gasteiger partial charge in [-0.3, -0.25) is 4.90 Å². The van der Waals surface area contributed by atoms with Crippen LogP contribution in [-0.4, -0.2) is 37.0 Å². The number of nitrogens with zero attached hydrogens (tertiary/aromatic N) is 1. The molecule has 1 fully saturated rings. The van der Waals surface area contributed by atoms with Gasteiger partial charge in [0.15, 0.2) is 0 Å². The molecule has 1 aliphatic heterocycles. The standard InChI is InChI=1S/C9H14F3NO/c10-9(11,12)7-13-4-1-2-8(6-13)3-5-14/h5,8H,1-4,6-7H2. The molecule has 1 saturated heterocycles. The maximum atomic E-state index is 12.0. The molecule has 82 valence electrons. The van der Waals surface area contributed by atoms with Crippen LogP contribution in [-0.2, 0) is 4.79 Å². The molecule has 0 amide bonds. The summed E-state index contributed by atoms with van der Waals surface area (Å²) in [4.78, 5) is 11.6. The highest BCUT2D eigenvalue weighted by Gasteiger charge is 2.32. The van der Waals surface area contributed by atoms with Crippen LogP contribution in [0.5, 0.6) is 0 Å². The third-order valence-corrected chi connectivity index (χ3v) is 2.44. The van der Waals surface area contributed by atoms with Crippen LogP contribution >= 0.6 is 0 Å². The third-order valence-electron chi connectivity index (χ3n) is 2.44. The summed E-state index contributed by atoms with van der Waals surface area (Å²) in [6.07, 6.45) is -1.32. The molecule has 0 aromatic rings. The smallest absolute Gasteiger partial charge is 0.303 e. The largest absolute Gasteiger partial charge is 0.401 e. The van der Waals surface area contributed by atoms with E-state index in [1.54, 1.807) is 0 Å². The number of carbonyl (C=O) groups excluding carboxylic acids is 1. The molecular formula is C9H14F3NO. The van der Waals surface area contributed by atoms with Crippen molar-refractivity contribution in [3.63, 3.8) is 0 Å². The van der Waals surface area contributed by atoms with E-state index in [1.165, 1.54) is 4.90 Å². The van der Waals surface area contributed by atoms with Gasteiger partial charge in [-0.15, -0.1) is 0 Å². The van der Waals surface area contributed by atoms with E-state index in [-0.39, 0.29) is 5.92 Å². The molecule has 14 heavy (non-hydrogen) atoms. The highest BCUT2D eigenvalue weighted by molar-refractivity contribution is 5.49. The molecule has 0 aromatic heterocycles. The predicted octanol–water partition coefficient (Wildman–Crippen LogP) is 1.85. The van der Waals surface area contributed by atoms with Crippen LogP contribution in [0.25, 0.3) is 0 Å². The highest BCUT2D eigenvalue weighted by atomic mass is 19.4. The fraction of sp³-hybridized carbons (Fsp3) is 0.889. The number of likely N-dealkylation sites (tertiary alicyclic amines) is 1. The molecule has 0 aromatic carbocycles. The second-order valence-electron chi connectivity index (χ2n) is 3.76. The molecular weight excluding hydrogens is 195 g/mol. The van der Waals surface area contributed by atoms with E-state index in [0.717, 1.165) is 19.1 Å². The molecule has 0 N–H and O–H groups in total. The molecule has 5 heteroatoms. The Labute approximate surface area is 81.1 Å². The molecule has 2 nitrogen and oxygen atoms in total. The van der Waals surface area contributed by atoms with Crippen LogP contribution in [0.15, 0.2) is 0 Å². The molecule has 0 spiro atoms. The average Bonchev–Trinajstić information content (AvgIpc) is 2.02. The van der Waals surface area contributed by atoms with Crippen molar-refractivity contribution >= 4 is 6.29 Å². The highest BCUT2D eigenvalue weighted by Crippen LogP contribution is 2.23. The van der Waals surface area contributed by atoms with E-state index in [4.69, 9.17) is 0 Å². The molecule has 1 atom stereocenters. The number of halogens is 3. The molecule has 1 rings (SSSR count). The average molecular weight is 209 g/mol. The summed E-state index contributed by atoms with van der Waals surface area (Å²) in [6.45, 7) is 0.0511. The van der Waals surface area contributed by atoms with Crippen molar-refractivity contribution in [3.8, 4) is 0 Å². The van der Waals surface area contributed by atoms with Crippen LogP contribution in [0.1, 0.15) is 19.3 Å². The first-order valence-corrected chi connectivity index (χ1v) is 4.74. The first-order valence-electron chi connectivity index (χ1n) is 4.74. The van der Waals surface area contributed by atoms with Gasteiger partial charge < -0.3 is 4.79 Å². The lowest BCUT2D eigenvalue weighted by Gasteiger charge is -2.32. The van der Waals surface area contributed by atoms with Gasteiger partial charge in [0, 0.05) is 13.0 Å². The molecule has 0 bridgehead atoms. The van der Waals surface area contributed by atoms with E-state index in [1.807, 2.05) is 0 Å². The van der Waals surface area contributed by atoms with Gasteiger partial charge in [-0.1, -0.05) is 0 Å². The summed E-state index contributed by atoms with van der Waals surface area (Å²) in [7, 11) is 0. The summed E-state index contributed by atoms with van der Waals surface area (Å²) < 4.78 is 36.1. The quantitative estimate of drug-likeness (QED) is 0.661. The number of hydrogen-bond acceptors (Lipinski definition) is 2. The van der Waals surface area contributed by atoms with Crippen LogP contribution in [0, 0.1) is 5.92 Å².